The molecule has 3 N–H and O–H groups in total. The predicted molar refractivity (Wildman–Crippen MR) is 124 cm³/mol. The van der Waals surface area contributed by atoms with Gasteiger partial charge in [-0.2, -0.15) is 5.10 Å². The maximum absolute atomic E-state index is 12.9. The van der Waals surface area contributed by atoms with Crippen molar-refractivity contribution in [1.29, 1.82) is 0 Å². The number of rotatable bonds is 3. The van der Waals surface area contributed by atoms with Crippen LogP contribution in [0, 0.1) is 20.8 Å². The van der Waals surface area contributed by atoms with Gasteiger partial charge in [-0.25, -0.2) is 4.68 Å². The lowest BCUT2D eigenvalue weighted by Gasteiger charge is -2.13. The molecule has 0 bridgehead atoms. The second-order valence-corrected chi connectivity index (χ2v) is 8.25. The zero-order chi connectivity index (χ0) is 23.2. The predicted octanol–water partition coefficient (Wildman–Crippen LogP) is 3.46. The maximum Gasteiger partial charge on any atom is 0.290 e. The number of benzene rings is 2. The Bertz CT molecular complexity index is 1450. The Morgan fingerprint density at radius 3 is 2.28 bits per heavy atom. The van der Waals surface area contributed by atoms with E-state index in [9.17, 15) is 14.4 Å². The van der Waals surface area contributed by atoms with Crippen LogP contribution in [-0.2, 0) is 0 Å². The molecule has 0 spiro atoms. The second kappa shape index (κ2) is 7.96. The van der Waals surface area contributed by atoms with Crippen molar-refractivity contribution in [2.75, 3.05) is 0 Å². The van der Waals surface area contributed by atoms with E-state index in [2.05, 4.69) is 27.0 Å². The molecule has 0 atom stereocenters. The van der Waals surface area contributed by atoms with Gasteiger partial charge in [0.2, 0.25) is 0 Å². The molecule has 2 aromatic carbocycles. The van der Waals surface area contributed by atoms with E-state index in [1.807, 2.05) is 34.6 Å². The molecule has 0 aliphatic rings. The van der Waals surface area contributed by atoms with Gasteiger partial charge in [0.1, 0.15) is 5.69 Å². The highest BCUT2D eigenvalue weighted by Gasteiger charge is 2.19. The second-order valence-electron chi connectivity index (χ2n) is 8.25. The van der Waals surface area contributed by atoms with Gasteiger partial charge in [0.25, 0.3) is 17.4 Å². The van der Waals surface area contributed by atoms with Crippen molar-refractivity contribution in [3.63, 3.8) is 0 Å². The summed E-state index contributed by atoms with van der Waals surface area (Å²) >= 11 is 0. The Morgan fingerprint density at radius 1 is 0.938 bits per heavy atom. The molecule has 0 aliphatic carbocycles. The fourth-order valence-corrected chi connectivity index (χ4v) is 3.86. The number of fused-ring (bicyclic) bond motifs is 2. The number of hydrogen-bond donors (Lipinski definition) is 3. The van der Waals surface area contributed by atoms with Crippen LogP contribution in [0.3, 0.4) is 0 Å². The summed E-state index contributed by atoms with van der Waals surface area (Å²) in [6.45, 7) is 9.64. The van der Waals surface area contributed by atoms with E-state index in [1.165, 1.54) is 4.68 Å². The first-order valence-electron chi connectivity index (χ1n) is 10.4. The van der Waals surface area contributed by atoms with Crippen molar-refractivity contribution < 1.29 is 9.59 Å². The van der Waals surface area contributed by atoms with E-state index in [4.69, 9.17) is 0 Å². The van der Waals surface area contributed by atoms with Crippen LogP contribution >= 0.6 is 0 Å². The van der Waals surface area contributed by atoms with Crippen LogP contribution in [0.5, 0.6) is 0 Å². The summed E-state index contributed by atoms with van der Waals surface area (Å²) in [7, 11) is 0. The highest BCUT2D eigenvalue weighted by Crippen LogP contribution is 2.25. The molecule has 4 aromatic rings. The number of nitrogens with zero attached hydrogens (tertiary/aromatic N) is 2. The molecule has 2 amide bonds. The van der Waals surface area contributed by atoms with Gasteiger partial charge in [-0.3, -0.25) is 25.2 Å². The van der Waals surface area contributed by atoms with Crippen LogP contribution in [0.1, 0.15) is 57.6 Å². The molecule has 8 nitrogen and oxygen atoms in total. The Labute approximate surface area is 184 Å². The monoisotopic (exact) mass is 431 g/mol. The normalized spacial score (nSPS) is 11.3. The minimum Gasteiger partial charge on any atom is -0.350 e. The molecule has 0 aliphatic heterocycles. The summed E-state index contributed by atoms with van der Waals surface area (Å²) in [6, 6.07) is 10.4. The molecule has 0 unspecified atom stereocenters. The summed E-state index contributed by atoms with van der Waals surface area (Å²) in [5.74, 6) is -1.09. The summed E-state index contributed by atoms with van der Waals surface area (Å²) in [5.41, 5.74) is 9.16. The van der Waals surface area contributed by atoms with Crippen molar-refractivity contribution in [2.24, 2.45) is 0 Å². The van der Waals surface area contributed by atoms with E-state index in [0.29, 0.717) is 16.5 Å². The number of hydrazine groups is 1. The maximum atomic E-state index is 12.9. The van der Waals surface area contributed by atoms with Gasteiger partial charge in [-0.05, 0) is 63.4 Å². The van der Waals surface area contributed by atoms with Crippen molar-refractivity contribution in [3.05, 3.63) is 74.8 Å². The molecule has 2 heterocycles. The van der Waals surface area contributed by atoms with Gasteiger partial charge in [-0.15, -0.1) is 0 Å². The number of aromatic nitrogens is 3. The molecule has 4 rings (SSSR count). The molecule has 8 heteroatoms. The molecule has 0 saturated heterocycles. The number of amides is 2. The van der Waals surface area contributed by atoms with Gasteiger partial charge >= 0.3 is 0 Å². The van der Waals surface area contributed by atoms with Crippen molar-refractivity contribution in [3.8, 4) is 0 Å². The van der Waals surface area contributed by atoms with E-state index < -0.39 is 11.8 Å². The Kier molecular flexibility index (Phi) is 5.30. The van der Waals surface area contributed by atoms with Crippen LogP contribution < -0.4 is 16.4 Å². The topological polar surface area (TPSA) is 109 Å². The van der Waals surface area contributed by atoms with Gasteiger partial charge < -0.3 is 4.98 Å². The first-order chi connectivity index (χ1) is 15.2. The third-order valence-corrected chi connectivity index (χ3v) is 5.71. The third kappa shape index (κ3) is 3.53. The first-order valence-corrected chi connectivity index (χ1v) is 10.4. The van der Waals surface area contributed by atoms with Crippen LogP contribution in [0.2, 0.25) is 0 Å². The number of aryl methyl sites for hydroxylation is 3. The highest BCUT2D eigenvalue weighted by atomic mass is 16.2. The summed E-state index contributed by atoms with van der Waals surface area (Å²) in [6.07, 6.45) is 0. The van der Waals surface area contributed by atoms with E-state index in [-0.39, 0.29) is 17.3 Å². The zero-order valence-corrected chi connectivity index (χ0v) is 18.7. The molecule has 0 saturated carbocycles. The lowest BCUT2D eigenvalue weighted by molar-refractivity contribution is 0.0841. The lowest BCUT2D eigenvalue weighted by atomic mass is 10.0. The van der Waals surface area contributed by atoms with Crippen molar-refractivity contribution >= 4 is 33.5 Å². The lowest BCUT2D eigenvalue weighted by Crippen LogP contribution is -2.43. The summed E-state index contributed by atoms with van der Waals surface area (Å²) in [5, 5.41) is 6.03. The summed E-state index contributed by atoms with van der Waals surface area (Å²) in [4.78, 5) is 41.4. The van der Waals surface area contributed by atoms with Crippen molar-refractivity contribution in [1.82, 2.24) is 25.6 Å². The molecule has 164 valence electrons. The largest absolute Gasteiger partial charge is 0.350 e. The Morgan fingerprint density at radius 2 is 1.59 bits per heavy atom. The number of hydrogen-bond acceptors (Lipinski definition) is 4. The molecular weight excluding hydrogens is 406 g/mol. The Balaban J connectivity index is 1.63. The standard InChI is InChI=1S/C24H25N5O3/c1-12(2)29-24(32)17-9-7-6-8-16(17)21(28-29)23(31)27-26-22(30)19-11-18-14(4)10-13(3)15(5)20(18)25-19/h6-12,25H,1-5H3,(H,26,30)(H,27,31). The molecule has 0 radical (unpaired) electrons. The van der Waals surface area contributed by atoms with Crippen LogP contribution in [0.4, 0.5) is 0 Å². The SMILES string of the molecule is Cc1cc(C)c2cc(C(=O)NNC(=O)c3nn(C(C)C)c(=O)c4ccccc34)[nH]c2c1C. The number of carbonyl (C=O) groups is 2. The van der Waals surface area contributed by atoms with E-state index in [0.717, 1.165) is 27.6 Å². The fourth-order valence-electron chi connectivity index (χ4n) is 3.86. The molecular formula is C24H25N5O3. The van der Waals surface area contributed by atoms with Crippen LogP contribution in [0.25, 0.3) is 21.7 Å². The van der Waals surface area contributed by atoms with E-state index >= 15 is 0 Å². The van der Waals surface area contributed by atoms with Crippen LogP contribution in [0.15, 0.2) is 41.2 Å². The quantitative estimate of drug-likeness (QED) is 0.432. The number of carbonyl (C=O) groups excluding carboxylic acids is 2. The average molecular weight is 431 g/mol. The number of H-pyrrole nitrogens is 1. The highest BCUT2D eigenvalue weighted by molar-refractivity contribution is 6.06. The number of nitrogens with one attached hydrogen (secondary N) is 3. The minimum atomic E-state index is -0.608. The smallest absolute Gasteiger partial charge is 0.290 e. The third-order valence-electron chi connectivity index (χ3n) is 5.71. The van der Waals surface area contributed by atoms with Crippen molar-refractivity contribution in [2.45, 2.75) is 40.7 Å². The van der Waals surface area contributed by atoms with E-state index in [1.54, 1.807) is 30.3 Å². The molecule has 0 fully saturated rings. The summed E-state index contributed by atoms with van der Waals surface area (Å²) < 4.78 is 1.27. The fraction of sp³-hybridized carbons (Fsp3) is 0.250. The zero-order valence-electron chi connectivity index (χ0n) is 18.7. The van der Waals surface area contributed by atoms with Gasteiger partial charge in [0, 0.05) is 16.3 Å². The minimum absolute atomic E-state index is 0.0631. The van der Waals surface area contributed by atoms with Crippen LogP contribution in [-0.4, -0.2) is 26.6 Å². The number of aromatic amines is 1. The average Bonchev–Trinajstić information content (AvgIpc) is 3.22. The molecule has 2 aromatic heterocycles. The molecule has 32 heavy (non-hydrogen) atoms. The Hall–Kier alpha value is -3.94. The van der Waals surface area contributed by atoms with Gasteiger partial charge in [0.15, 0.2) is 5.69 Å². The van der Waals surface area contributed by atoms with Gasteiger partial charge in [0.05, 0.1) is 11.4 Å². The van der Waals surface area contributed by atoms with Gasteiger partial charge in [-0.1, -0.05) is 24.3 Å². The first kappa shape index (κ1) is 21.3.